The summed E-state index contributed by atoms with van der Waals surface area (Å²) in [6.45, 7) is 0. The Hall–Kier alpha value is -1.48. The predicted octanol–water partition coefficient (Wildman–Crippen LogP) is 2.53. The van der Waals surface area contributed by atoms with Crippen LogP contribution in [0.3, 0.4) is 0 Å². The molecule has 14 heavy (non-hydrogen) atoms. The van der Waals surface area contributed by atoms with E-state index in [4.69, 9.17) is 16.0 Å². The Morgan fingerprint density at radius 2 is 2.21 bits per heavy atom. The second-order valence-corrected chi connectivity index (χ2v) is 3.31. The molecule has 0 bridgehead atoms. The van der Waals surface area contributed by atoms with Crippen molar-refractivity contribution >= 4 is 28.9 Å². The number of carbonyl (C=O) groups excluding carboxylic acids is 1. The van der Waals surface area contributed by atoms with Gasteiger partial charge in [0.25, 0.3) is 0 Å². The summed E-state index contributed by atoms with van der Waals surface area (Å²) < 4.78 is 5.15. The predicted molar refractivity (Wildman–Crippen MR) is 52.7 cm³/mol. The SMILES string of the molecule is O=CCc1cc2oc(Cl)cc2cc1O. The van der Waals surface area contributed by atoms with Gasteiger partial charge < -0.3 is 14.3 Å². The first kappa shape index (κ1) is 9.09. The Balaban J connectivity index is 2.63. The van der Waals surface area contributed by atoms with Gasteiger partial charge in [-0.25, -0.2) is 0 Å². The Morgan fingerprint density at radius 1 is 1.43 bits per heavy atom. The van der Waals surface area contributed by atoms with Crippen LogP contribution < -0.4 is 0 Å². The van der Waals surface area contributed by atoms with Gasteiger partial charge in [-0.05, 0) is 23.7 Å². The Labute approximate surface area is 84.9 Å². The number of fused-ring (bicyclic) bond motifs is 1. The van der Waals surface area contributed by atoms with E-state index in [-0.39, 0.29) is 17.4 Å². The van der Waals surface area contributed by atoms with Gasteiger partial charge in [-0.15, -0.1) is 0 Å². The van der Waals surface area contributed by atoms with Gasteiger partial charge in [0.1, 0.15) is 17.6 Å². The lowest BCUT2D eigenvalue weighted by atomic mass is 10.1. The van der Waals surface area contributed by atoms with E-state index < -0.39 is 0 Å². The van der Waals surface area contributed by atoms with E-state index in [1.807, 2.05) is 0 Å². The van der Waals surface area contributed by atoms with Crippen molar-refractivity contribution in [1.82, 2.24) is 0 Å². The van der Waals surface area contributed by atoms with E-state index in [9.17, 15) is 9.90 Å². The first-order valence-corrected chi connectivity index (χ1v) is 4.43. The molecule has 0 aliphatic carbocycles. The molecule has 0 unspecified atom stereocenters. The normalized spacial score (nSPS) is 10.6. The van der Waals surface area contributed by atoms with Gasteiger partial charge in [0.15, 0.2) is 5.22 Å². The molecule has 0 spiro atoms. The maximum absolute atomic E-state index is 10.3. The van der Waals surface area contributed by atoms with Gasteiger partial charge in [0.05, 0.1) is 0 Å². The number of aromatic hydroxyl groups is 1. The van der Waals surface area contributed by atoms with Crippen molar-refractivity contribution in [3.8, 4) is 5.75 Å². The molecule has 1 aromatic carbocycles. The molecule has 1 aromatic heterocycles. The molecule has 4 heteroatoms. The summed E-state index contributed by atoms with van der Waals surface area (Å²) in [5.74, 6) is 0.0852. The fraction of sp³-hybridized carbons (Fsp3) is 0.100. The van der Waals surface area contributed by atoms with Gasteiger partial charge in [-0.2, -0.15) is 0 Å². The maximum atomic E-state index is 10.3. The number of phenols is 1. The molecule has 0 radical (unpaired) electrons. The summed E-state index contributed by atoms with van der Waals surface area (Å²) >= 11 is 5.65. The summed E-state index contributed by atoms with van der Waals surface area (Å²) in [6, 6.07) is 4.76. The summed E-state index contributed by atoms with van der Waals surface area (Å²) in [5.41, 5.74) is 1.11. The summed E-state index contributed by atoms with van der Waals surface area (Å²) in [7, 11) is 0. The molecule has 0 fully saturated rings. The van der Waals surface area contributed by atoms with Gasteiger partial charge >= 0.3 is 0 Å². The highest BCUT2D eigenvalue weighted by molar-refractivity contribution is 6.29. The number of carbonyl (C=O) groups is 1. The van der Waals surface area contributed by atoms with Crippen molar-refractivity contribution in [2.45, 2.75) is 6.42 Å². The van der Waals surface area contributed by atoms with Gasteiger partial charge in [0.2, 0.25) is 0 Å². The zero-order chi connectivity index (χ0) is 10.1. The molecule has 0 aliphatic heterocycles. The molecule has 0 amide bonds. The van der Waals surface area contributed by atoms with Gasteiger partial charge in [0, 0.05) is 23.4 Å². The van der Waals surface area contributed by atoms with Gasteiger partial charge in [-0.1, -0.05) is 0 Å². The number of phenolic OH excluding ortho intramolecular Hbond substituents is 1. The minimum atomic E-state index is 0.0852. The number of aldehydes is 1. The smallest absolute Gasteiger partial charge is 0.194 e. The Kier molecular flexibility index (Phi) is 2.17. The third kappa shape index (κ3) is 1.46. The van der Waals surface area contributed by atoms with Crippen molar-refractivity contribution < 1.29 is 14.3 Å². The molecule has 1 heterocycles. The molecular formula is C10H7ClO3. The third-order valence-electron chi connectivity index (χ3n) is 1.99. The zero-order valence-electron chi connectivity index (χ0n) is 7.16. The van der Waals surface area contributed by atoms with Crippen LogP contribution in [-0.4, -0.2) is 11.4 Å². The first-order valence-electron chi connectivity index (χ1n) is 4.05. The van der Waals surface area contributed by atoms with Gasteiger partial charge in [-0.3, -0.25) is 0 Å². The molecule has 1 N–H and O–H groups in total. The lowest BCUT2D eigenvalue weighted by molar-refractivity contribution is -0.107. The van der Waals surface area contributed by atoms with Crippen molar-refractivity contribution in [2.75, 3.05) is 0 Å². The molecular weight excluding hydrogens is 204 g/mol. The topological polar surface area (TPSA) is 50.4 Å². The monoisotopic (exact) mass is 210 g/mol. The second kappa shape index (κ2) is 3.35. The number of hydrogen-bond acceptors (Lipinski definition) is 3. The van der Waals surface area contributed by atoms with Crippen molar-refractivity contribution in [3.05, 3.63) is 29.0 Å². The Morgan fingerprint density at radius 3 is 2.93 bits per heavy atom. The summed E-state index contributed by atoms with van der Waals surface area (Å²) in [5, 5.41) is 10.5. The highest BCUT2D eigenvalue weighted by Crippen LogP contribution is 2.29. The quantitative estimate of drug-likeness (QED) is 0.775. The lowest BCUT2D eigenvalue weighted by Gasteiger charge is -1.99. The largest absolute Gasteiger partial charge is 0.508 e. The molecule has 72 valence electrons. The van der Waals surface area contributed by atoms with Crippen LogP contribution in [0.2, 0.25) is 5.22 Å². The van der Waals surface area contributed by atoms with Crippen LogP contribution in [0.4, 0.5) is 0 Å². The fourth-order valence-electron chi connectivity index (χ4n) is 1.34. The first-order chi connectivity index (χ1) is 6.70. The Bertz CT molecular complexity index is 487. The number of benzene rings is 1. The molecule has 0 saturated carbocycles. The second-order valence-electron chi connectivity index (χ2n) is 2.94. The van der Waals surface area contributed by atoms with Crippen LogP contribution >= 0.6 is 11.6 Å². The van der Waals surface area contributed by atoms with Crippen LogP contribution in [-0.2, 0) is 11.2 Å². The number of hydrogen-bond donors (Lipinski definition) is 1. The molecule has 2 aromatic rings. The average molecular weight is 211 g/mol. The lowest BCUT2D eigenvalue weighted by Crippen LogP contribution is -1.85. The van der Waals surface area contributed by atoms with Crippen LogP contribution in [0.15, 0.2) is 22.6 Å². The van der Waals surface area contributed by atoms with Crippen LogP contribution in [0.25, 0.3) is 11.0 Å². The average Bonchev–Trinajstić information content (AvgIpc) is 2.45. The molecule has 3 nitrogen and oxygen atoms in total. The maximum Gasteiger partial charge on any atom is 0.194 e. The van der Waals surface area contributed by atoms with Crippen LogP contribution in [0.1, 0.15) is 5.56 Å². The molecule has 0 aliphatic rings. The van der Waals surface area contributed by atoms with Crippen LogP contribution in [0.5, 0.6) is 5.75 Å². The zero-order valence-corrected chi connectivity index (χ0v) is 7.91. The van der Waals surface area contributed by atoms with E-state index in [0.717, 1.165) is 11.7 Å². The summed E-state index contributed by atoms with van der Waals surface area (Å²) in [6.07, 6.45) is 0.894. The van der Waals surface area contributed by atoms with Crippen LogP contribution in [0, 0.1) is 0 Å². The fourth-order valence-corrected chi connectivity index (χ4v) is 1.54. The number of halogens is 1. The van der Waals surface area contributed by atoms with E-state index in [1.165, 1.54) is 6.07 Å². The molecule has 2 rings (SSSR count). The van der Waals surface area contributed by atoms with E-state index in [0.29, 0.717) is 11.1 Å². The standard InChI is InChI=1S/C10H7ClO3/c11-10-5-7-3-8(13)6(1-2-12)4-9(7)14-10/h2-5,13H,1H2. The third-order valence-corrected chi connectivity index (χ3v) is 2.18. The number of furan rings is 1. The van der Waals surface area contributed by atoms with E-state index in [1.54, 1.807) is 12.1 Å². The van der Waals surface area contributed by atoms with Crippen molar-refractivity contribution in [1.29, 1.82) is 0 Å². The highest BCUT2D eigenvalue weighted by atomic mass is 35.5. The summed E-state index contributed by atoms with van der Waals surface area (Å²) in [4.78, 5) is 10.3. The van der Waals surface area contributed by atoms with Crippen molar-refractivity contribution in [3.63, 3.8) is 0 Å². The van der Waals surface area contributed by atoms with E-state index in [2.05, 4.69) is 0 Å². The van der Waals surface area contributed by atoms with Crippen molar-refractivity contribution in [2.24, 2.45) is 0 Å². The molecule has 0 saturated heterocycles. The highest BCUT2D eigenvalue weighted by Gasteiger charge is 2.07. The molecule has 0 atom stereocenters. The van der Waals surface area contributed by atoms with E-state index >= 15 is 0 Å². The minimum absolute atomic E-state index is 0.0852. The number of rotatable bonds is 2. The minimum Gasteiger partial charge on any atom is -0.508 e.